The van der Waals surface area contributed by atoms with E-state index in [1.165, 1.54) is 0 Å². The van der Waals surface area contributed by atoms with Crippen molar-refractivity contribution in [2.45, 2.75) is 25.5 Å². The second-order valence-corrected chi connectivity index (χ2v) is 3.59. The van der Waals surface area contributed by atoms with Gasteiger partial charge < -0.3 is 10.5 Å². The van der Waals surface area contributed by atoms with E-state index in [2.05, 4.69) is 5.10 Å². The first kappa shape index (κ1) is 14.7. The van der Waals surface area contributed by atoms with Crippen molar-refractivity contribution in [1.29, 1.82) is 0 Å². The molecular weight excluding hydrogens is 237 g/mol. The SMILES string of the molecule is Cc1nn(C)cc1[C@@H]1OCC[C@H]1N.Cl.Cl. The molecule has 2 heterocycles. The zero-order valence-electron chi connectivity index (χ0n) is 8.84. The van der Waals surface area contributed by atoms with Crippen molar-refractivity contribution in [2.75, 3.05) is 6.61 Å². The van der Waals surface area contributed by atoms with Crippen molar-refractivity contribution in [3.63, 3.8) is 0 Å². The van der Waals surface area contributed by atoms with Crippen molar-refractivity contribution >= 4 is 24.8 Å². The monoisotopic (exact) mass is 253 g/mol. The molecule has 15 heavy (non-hydrogen) atoms. The van der Waals surface area contributed by atoms with Gasteiger partial charge >= 0.3 is 0 Å². The third kappa shape index (κ3) is 2.84. The summed E-state index contributed by atoms with van der Waals surface area (Å²) in [4.78, 5) is 0. The third-order valence-electron chi connectivity index (χ3n) is 2.50. The molecule has 1 saturated heterocycles. The van der Waals surface area contributed by atoms with Crippen LogP contribution in [0.25, 0.3) is 0 Å². The Balaban J connectivity index is 0.000000980. The Morgan fingerprint density at radius 3 is 2.60 bits per heavy atom. The molecule has 2 N–H and O–H groups in total. The summed E-state index contributed by atoms with van der Waals surface area (Å²) >= 11 is 0. The van der Waals surface area contributed by atoms with Crippen LogP contribution in [0.3, 0.4) is 0 Å². The van der Waals surface area contributed by atoms with Gasteiger partial charge in [-0.1, -0.05) is 0 Å². The van der Waals surface area contributed by atoms with Crippen molar-refractivity contribution in [2.24, 2.45) is 12.8 Å². The highest BCUT2D eigenvalue weighted by Crippen LogP contribution is 2.29. The lowest BCUT2D eigenvalue weighted by atomic mass is 10.0. The average Bonchev–Trinajstić information content (AvgIpc) is 2.58. The van der Waals surface area contributed by atoms with Crippen LogP contribution in [0.4, 0.5) is 0 Å². The molecule has 1 fully saturated rings. The Kier molecular flexibility index (Phi) is 5.59. The van der Waals surface area contributed by atoms with Gasteiger partial charge in [0.05, 0.1) is 5.69 Å². The van der Waals surface area contributed by atoms with E-state index in [0.717, 1.165) is 24.3 Å². The lowest BCUT2D eigenvalue weighted by Gasteiger charge is -2.12. The number of hydrogen-bond acceptors (Lipinski definition) is 3. The molecule has 0 saturated carbocycles. The molecule has 6 heteroatoms. The van der Waals surface area contributed by atoms with E-state index in [9.17, 15) is 0 Å². The van der Waals surface area contributed by atoms with Crippen LogP contribution < -0.4 is 5.73 Å². The van der Waals surface area contributed by atoms with E-state index in [1.54, 1.807) is 4.68 Å². The summed E-state index contributed by atoms with van der Waals surface area (Å²) in [6, 6.07) is 0.128. The summed E-state index contributed by atoms with van der Waals surface area (Å²) in [5.74, 6) is 0. The van der Waals surface area contributed by atoms with Crippen LogP contribution >= 0.6 is 24.8 Å². The van der Waals surface area contributed by atoms with E-state index in [1.807, 2.05) is 20.2 Å². The summed E-state index contributed by atoms with van der Waals surface area (Å²) < 4.78 is 7.37. The summed E-state index contributed by atoms with van der Waals surface area (Å²) in [7, 11) is 1.91. The Hall–Kier alpha value is -0.290. The normalized spacial score (nSPS) is 24.5. The number of rotatable bonds is 1. The van der Waals surface area contributed by atoms with E-state index in [0.29, 0.717) is 0 Å². The molecule has 0 bridgehead atoms. The molecule has 1 aromatic heterocycles. The van der Waals surface area contributed by atoms with E-state index >= 15 is 0 Å². The number of nitrogens with zero attached hydrogens (tertiary/aromatic N) is 2. The maximum absolute atomic E-state index is 5.93. The van der Waals surface area contributed by atoms with Gasteiger partial charge in [0.15, 0.2) is 0 Å². The molecule has 0 spiro atoms. The molecule has 2 rings (SSSR count). The molecule has 0 aliphatic carbocycles. The average molecular weight is 254 g/mol. The maximum atomic E-state index is 5.93. The molecule has 2 atom stereocenters. The smallest absolute Gasteiger partial charge is 0.101 e. The standard InChI is InChI=1S/C9H15N3O.2ClH/c1-6-7(5-12(2)11-6)9-8(10)3-4-13-9;;/h5,8-9H,3-4,10H2,1-2H3;2*1H/t8-,9+;;/m1../s1. The highest BCUT2D eigenvalue weighted by atomic mass is 35.5. The first-order valence-corrected chi connectivity index (χ1v) is 4.56. The van der Waals surface area contributed by atoms with Gasteiger partial charge in [0.2, 0.25) is 0 Å². The Labute approximate surface area is 102 Å². The highest BCUT2D eigenvalue weighted by Gasteiger charge is 2.28. The summed E-state index contributed by atoms with van der Waals surface area (Å²) in [5.41, 5.74) is 8.08. The lowest BCUT2D eigenvalue weighted by molar-refractivity contribution is 0.104. The van der Waals surface area contributed by atoms with Gasteiger partial charge in [0.25, 0.3) is 0 Å². The number of aromatic nitrogens is 2. The Morgan fingerprint density at radius 1 is 1.53 bits per heavy atom. The molecule has 88 valence electrons. The molecule has 1 aliphatic heterocycles. The quantitative estimate of drug-likeness (QED) is 0.823. The lowest BCUT2D eigenvalue weighted by Crippen LogP contribution is -2.23. The van der Waals surface area contributed by atoms with Crippen LogP contribution in [0, 0.1) is 6.92 Å². The minimum absolute atomic E-state index is 0. The van der Waals surface area contributed by atoms with Crippen molar-refractivity contribution < 1.29 is 4.74 Å². The van der Waals surface area contributed by atoms with Crippen molar-refractivity contribution in [3.05, 3.63) is 17.5 Å². The first-order chi connectivity index (χ1) is 6.18. The van der Waals surface area contributed by atoms with E-state index in [-0.39, 0.29) is 37.0 Å². The molecule has 1 aromatic rings. The fourth-order valence-electron chi connectivity index (χ4n) is 1.82. The van der Waals surface area contributed by atoms with Gasteiger partial charge in [-0.2, -0.15) is 5.10 Å². The van der Waals surface area contributed by atoms with Crippen LogP contribution in [0.1, 0.15) is 23.8 Å². The van der Waals surface area contributed by atoms with Gasteiger partial charge in [-0.05, 0) is 13.3 Å². The number of aryl methyl sites for hydroxylation is 2. The number of halogens is 2. The largest absolute Gasteiger partial charge is 0.372 e. The number of ether oxygens (including phenoxy) is 1. The topological polar surface area (TPSA) is 53.1 Å². The molecule has 0 radical (unpaired) electrons. The summed E-state index contributed by atoms with van der Waals surface area (Å²) in [6.07, 6.45) is 2.98. The first-order valence-electron chi connectivity index (χ1n) is 4.56. The van der Waals surface area contributed by atoms with Crippen LogP contribution in [0.15, 0.2) is 6.20 Å². The van der Waals surface area contributed by atoms with Crippen LogP contribution in [-0.4, -0.2) is 22.4 Å². The van der Waals surface area contributed by atoms with Crippen LogP contribution in [0.2, 0.25) is 0 Å². The van der Waals surface area contributed by atoms with E-state index in [4.69, 9.17) is 10.5 Å². The number of hydrogen-bond donors (Lipinski definition) is 1. The Morgan fingerprint density at radius 2 is 2.20 bits per heavy atom. The number of nitrogens with two attached hydrogens (primary N) is 1. The van der Waals surface area contributed by atoms with Gasteiger partial charge in [0.1, 0.15) is 6.10 Å². The van der Waals surface area contributed by atoms with Gasteiger partial charge in [-0.15, -0.1) is 24.8 Å². The molecule has 0 unspecified atom stereocenters. The predicted molar refractivity (Wildman–Crippen MR) is 63.7 cm³/mol. The zero-order chi connectivity index (χ0) is 9.42. The second-order valence-electron chi connectivity index (χ2n) is 3.59. The summed E-state index contributed by atoms with van der Waals surface area (Å²) in [5, 5.41) is 4.27. The molecule has 1 aliphatic rings. The predicted octanol–water partition coefficient (Wildman–Crippen LogP) is 1.36. The molecule has 0 aromatic carbocycles. The molecular formula is C9H17Cl2N3O. The van der Waals surface area contributed by atoms with Gasteiger partial charge in [-0.25, -0.2) is 0 Å². The highest BCUT2D eigenvalue weighted by molar-refractivity contribution is 5.85. The third-order valence-corrected chi connectivity index (χ3v) is 2.50. The fraction of sp³-hybridized carbons (Fsp3) is 0.667. The van der Waals surface area contributed by atoms with Gasteiger partial charge in [0, 0.05) is 31.5 Å². The van der Waals surface area contributed by atoms with E-state index < -0.39 is 0 Å². The molecule has 4 nitrogen and oxygen atoms in total. The van der Waals surface area contributed by atoms with Crippen molar-refractivity contribution in [1.82, 2.24) is 9.78 Å². The summed E-state index contributed by atoms with van der Waals surface area (Å²) in [6.45, 7) is 2.75. The second kappa shape index (κ2) is 5.70. The minimum Gasteiger partial charge on any atom is -0.372 e. The van der Waals surface area contributed by atoms with Crippen molar-refractivity contribution in [3.8, 4) is 0 Å². The Bertz CT molecular complexity index is 316. The maximum Gasteiger partial charge on any atom is 0.101 e. The van der Waals surface area contributed by atoms with Gasteiger partial charge in [-0.3, -0.25) is 4.68 Å². The zero-order valence-corrected chi connectivity index (χ0v) is 10.5. The van der Waals surface area contributed by atoms with Crippen LogP contribution in [0.5, 0.6) is 0 Å². The minimum atomic E-state index is 0. The molecule has 0 amide bonds. The fourth-order valence-corrected chi connectivity index (χ4v) is 1.82. The van der Waals surface area contributed by atoms with Crippen LogP contribution in [-0.2, 0) is 11.8 Å².